The summed E-state index contributed by atoms with van der Waals surface area (Å²) in [5.41, 5.74) is 3.48. The summed E-state index contributed by atoms with van der Waals surface area (Å²) in [6.45, 7) is 3.04. The van der Waals surface area contributed by atoms with Crippen LogP contribution in [0.5, 0.6) is 0 Å². The van der Waals surface area contributed by atoms with Gasteiger partial charge in [0.25, 0.3) is 0 Å². The Morgan fingerprint density at radius 2 is 1.74 bits per heavy atom. The van der Waals surface area contributed by atoms with E-state index in [4.69, 9.17) is 0 Å². The Balaban J connectivity index is 1.43. The molecular formula is C21H24N6. The predicted octanol–water partition coefficient (Wildman–Crippen LogP) is 3.85. The highest BCUT2D eigenvalue weighted by Crippen LogP contribution is 2.23. The lowest BCUT2D eigenvalue weighted by Gasteiger charge is -2.18. The van der Waals surface area contributed by atoms with Gasteiger partial charge >= 0.3 is 0 Å². The molecule has 6 heteroatoms. The van der Waals surface area contributed by atoms with E-state index in [0.717, 1.165) is 25.3 Å². The minimum absolute atomic E-state index is 0.595. The predicted molar refractivity (Wildman–Crippen MR) is 110 cm³/mol. The Morgan fingerprint density at radius 3 is 2.48 bits per heavy atom. The molecule has 1 N–H and O–H groups in total. The summed E-state index contributed by atoms with van der Waals surface area (Å²) < 4.78 is 0. The molecule has 0 saturated carbocycles. The molecule has 2 heterocycles. The van der Waals surface area contributed by atoms with Crippen molar-refractivity contribution in [3.8, 4) is 0 Å². The summed E-state index contributed by atoms with van der Waals surface area (Å²) in [4.78, 5) is 9.01. The highest BCUT2D eigenvalue weighted by molar-refractivity contribution is 5.61. The third kappa shape index (κ3) is 4.34. The van der Waals surface area contributed by atoms with Gasteiger partial charge in [0.2, 0.25) is 5.95 Å². The summed E-state index contributed by atoms with van der Waals surface area (Å²) in [5.74, 6) is 1.28. The molecule has 1 aromatic heterocycles. The normalized spacial score (nSPS) is 13.6. The fraction of sp³-hybridized carbons (Fsp3) is 0.286. The first-order valence-corrected chi connectivity index (χ1v) is 9.35. The zero-order chi connectivity index (χ0) is 18.5. The zero-order valence-electron chi connectivity index (χ0n) is 15.5. The standard InChI is InChI=1S/C21H24N6/c1-26(16-17-7-3-2-4-8-17)21-24-20(15-22-25-21)23-18-9-11-19(12-10-18)27-13-5-6-14-27/h2-4,7-12,15H,5-6,13-14,16H2,1H3,(H,23,24,25). The van der Waals surface area contributed by atoms with Crippen molar-refractivity contribution in [1.82, 2.24) is 15.2 Å². The molecule has 0 atom stereocenters. The first-order chi connectivity index (χ1) is 13.3. The van der Waals surface area contributed by atoms with Crippen molar-refractivity contribution in [3.63, 3.8) is 0 Å². The van der Waals surface area contributed by atoms with Crippen molar-refractivity contribution in [1.29, 1.82) is 0 Å². The number of nitrogens with zero attached hydrogens (tertiary/aromatic N) is 5. The third-order valence-corrected chi connectivity index (χ3v) is 4.76. The van der Waals surface area contributed by atoms with Gasteiger partial charge in [-0.05, 0) is 42.7 Å². The molecule has 0 bridgehead atoms. The first-order valence-electron chi connectivity index (χ1n) is 9.35. The van der Waals surface area contributed by atoms with Crippen LogP contribution in [0.15, 0.2) is 60.8 Å². The summed E-state index contributed by atoms with van der Waals surface area (Å²) in [5, 5.41) is 11.6. The number of benzene rings is 2. The van der Waals surface area contributed by atoms with Gasteiger partial charge in [-0.15, -0.1) is 5.10 Å². The minimum Gasteiger partial charge on any atom is -0.372 e. The van der Waals surface area contributed by atoms with Crippen LogP contribution >= 0.6 is 0 Å². The SMILES string of the molecule is CN(Cc1ccccc1)c1nncc(Nc2ccc(N3CCCC3)cc2)n1. The summed E-state index contributed by atoms with van der Waals surface area (Å²) in [6, 6.07) is 18.8. The second-order valence-corrected chi connectivity index (χ2v) is 6.85. The van der Waals surface area contributed by atoms with Crippen molar-refractivity contribution in [2.45, 2.75) is 19.4 Å². The van der Waals surface area contributed by atoms with E-state index in [1.165, 1.54) is 24.1 Å². The Bertz CT molecular complexity index is 859. The average molecular weight is 360 g/mol. The van der Waals surface area contributed by atoms with Gasteiger partial charge in [0, 0.05) is 38.1 Å². The Kier molecular flexibility index (Phi) is 5.14. The smallest absolute Gasteiger partial charge is 0.247 e. The minimum atomic E-state index is 0.595. The molecule has 3 aromatic rings. The molecule has 0 unspecified atom stereocenters. The highest BCUT2D eigenvalue weighted by atomic mass is 15.3. The largest absolute Gasteiger partial charge is 0.372 e. The Morgan fingerprint density at radius 1 is 1.00 bits per heavy atom. The maximum Gasteiger partial charge on any atom is 0.247 e. The molecule has 2 aromatic carbocycles. The van der Waals surface area contributed by atoms with Crippen molar-refractivity contribution < 1.29 is 0 Å². The number of hydrogen-bond acceptors (Lipinski definition) is 6. The van der Waals surface area contributed by atoms with Crippen LogP contribution in [0.4, 0.5) is 23.1 Å². The second kappa shape index (κ2) is 8.03. The van der Waals surface area contributed by atoms with Crippen molar-refractivity contribution in [2.24, 2.45) is 0 Å². The maximum atomic E-state index is 4.59. The van der Waals surface area contributed by atoms with E-state index in [0.29, 0.717) is 11.8 Å². The number of aromatic nitrogens is 3. The van der Waals surface area contributed by atoms with Gasteiger partial charge in [-0.2, -0.15) is 10.1 Å². The fourth-order valence-corrected chi connectivity index (χ4v) is 3.32. The van der Waals surface area contributed by atoms with Crippen molar-refractivity contribution >= 4 is 23.1 Å². The van der Waals surface area contributed by atoms with Crippen LogP contribution in [0.1, 0.15) is 18.4 Å². The van der Waals surface area contributed by atoms with Gasteiger partial charge in [0.05, 0.1) is 6.20 Å². The van der Waals surface area contributed by atoms with E-state index in [9.17, 15) is 0 Å². The molecule has 138 valence electrons. The summed E-state index contributed by atoms with van der Waals surface area (Å²) in [7, 11) is 1.97. The van der Waals surface area contributed by atoms with Crippen LogP contribution < -0.4 is 15.1 Å². The molecule has 1 saturated heterocycles. The van der Waals surface area contributed by atoms with Gasteiger partial charge in [-0.3, -0.25) is 0 Å². The van der Waals surface area contributed by atoms with Gasteiger partial charge < -0.3 is 15.1 Å². The van der Waals surface area contributed by atoms with Crippen LogP contribution in [0, 0.1) is 0 Å². The van der Waals surface area contributed by atoms with E-state index in [1.807, 2.05) is 30.1 Å². The molecule has 27 heavy (non-hydrogen) atoms. The average Bonchev–Trinajstić information content (AvgIpc) is 3.24. The second-order valence-electron chi connectivity index (χ2n) is 6.85. The van der Waals surface area contributed by atoms with E-state index in [2.05, 4.69) is 61.8 Å². The zero-order valence-corrected chi connectivity index (χ0v) is 15.5. The topological polar surface area (TPSA) is 57.2 Å². The van der Waals surface area contributed by atoms with E-state index in [1.54, 1.807) is 6.20 Å². The molecule has 1 aliphatic heterocycles. The number of rotatable bonds is 6. The summed E-state index contributed by atoms with van der Waals surface area (Å²) in [6.07, 6.45) is 4.21. The van der Waals surface area contributed by atoms with E-state index < -0.39 is 0 Å². The van der Waals surface area contributed by atoms with Gasteiger partial charge in [-0.1, -0.05) is 30.3 Å². The van der Waals surface area contributed by atoms with Crippen molar-refractivity contribution in [3.05, 3.63) is 66.4 Å². The number of nitrogens with one attached hydrogen (secondary N) is 1. The van der Waals surface area contributed by atoms with Gasteiger partial charge in [0.1, 0.15) is 0 Å². The molecule has 1 aliphatic rings. The third-order valence-electron chi connectivity index (χ3n) is 4.76. The van der Waals surface area contributed by atoms with Crippen LogP contribution in [-0.2, 0) is 6.54 Å². The molecule has 1 fully saturated rings. The fourth-order valence-electron chi connectivity index (χ4n) is 3.32. The number of hydrogen-bond donors (Lipinski definition) is 1. The lowest BCUT2D eigenvalue weighted by atomic mass is 10.2. The van der Waals surface area contributed by atoms with Crippen LogP contribution in [0.25, 0.3) is 0 Å². The maximum absolute atomic E-state index is 4.59. The first kappa shape index (κ1) is 17.3. The molecule has 0 radical (unpaired) electrons. The van der Waals surface area contributed by atoms with Crippen LogP contribution in [0.3, 0.4) is 0 Å². The molecule has 0 spiro atoms. The van der Waals surface area contributed by atoms with Crippen molar-refractivity contribution in [2.75, 3.05) is 35.3 Å². The highest BCUT2D eigenvalue weighted by Gasteiger charge is 2.12. The van der Waals surface area contributed by atoms with Gasteiger partial charge in [0.15, 0.2) is 5.82 Å². The quantitative estimate of drug-likeness (QED) is 0.720. The molecule has 0 aliphatic carbocycles. The molecule has 4 rings (SSSR count). The lowest BCUT2D eigenvalue weighted by molar-refractivity contribution is 0.831. The van der Waals surface area contributed by atoms with E-state index >= 15 is 0 Å². The van der Waals surface area contributed by atoms with Crippen LogP contribution in [-0.4, -0.2) is 35.3 Å². The monoisotopic (exact) mass is 360 g/mol. The lowest BCUT2D eigenvalue weighted by Crippen LogP contribution is -2.20. The molecule has 6 nitrogen and oxygen atoms in total. The van der Waals surface area contributed by atoms with Gasteiger partial charge in [-0.25, -0.2) is 0 Å². The Hall–Kier alpha value is -3.15. The van der Waals surface area contributed by atoms with E-state index in [-0.39, 0.29) is 0 Å². The number of anilines is 4. The van der Waals surface area contributed by atoms with Crippen LogP contribution in [0.2, 0.25) is 0 Å². The Labute approximate surface area is 159 Å². The molecular weight excluding hydrogens is 336 g/mol. The summed E-state index contributed by atoms with van der Waals surface area (Å²) >= 11 is 0. The molecule has 0 amide bonds.